The summed E-state index contributed by atoms with van der Waals surface area (Å²) in [4.78, 5) is 29.9. The molecule has 2 amide bonds. The van der Waals surface area contributed by atoms with Crippen molar-refractivity contribution in [1.82, 2.24) is 15.1 Å². The molecule has 2 rings (SSSR count). The smallest absolute Gasteiger partial charge is 0.230 e. The number of amides is 2. The van der Waals surface area contributed by atoms with Crippen LogP contribution in [0.25, 0.3) is 0 Å². The molecule has 2 aromatic carbocycles. The van der Waals surface area contributed by atoms with Crippen LogP contribution in [0.1, 0.15) is 71.0 Å². The summed E-state index contributed by atoms with van der Waals surface area (Å²) in [6, 6.07) is 10.6. The summed E-state index contributed by atoms with van der Waals surface area (Å²) in [6.07, 6.45) is 2.33. The molecule has 0 aliphatic rings. The first-order valence-electron chi connectivity index (χ1n) is 13.0. The molecule has 0 saturated heterocycles. The molecule has 0 aliphatic carbocycles. The summed E-state index contributed by atoms with van der Waals surface area (Å²) in [5, 5.41) is 4.90. The fourth-order valence-electron chi connectivity index (χ4n) is 4.47. The van der Waals surface area contributed by atoms with Crippen LogP contribution in [0, 0.1) is 0 Å². The van der Waals surface area contributed by atoms with Crippen molar-refractivity contribution in [2.24, 2.45) is 0 Å². The normalized spacial score (nSPS) is 14.6. The Balaban J connectivity index is 2.18. The molecule has 2 unspecified atom stereocenters. The summed E-state index contributed by atoms with van der Waals surface area (Å²) in [5.74, 6) is -0.0242. The second-order valence-corrected chi connectivity index (χ2v) is 11.9. The number of nitrogens with zero attached hydrogens (tertiary/aromatic N) is 2. The Hall–Kier alpha value is -1.50. The van der Waals surface area contributed by atoms with Gasteiger partial charge in [-0.1, -0.05) is 65.5 Å². The van der Waals surface area contributed by atoms with Crippen molar-refractivity contribution in [1.29, 1.82) is 0 Å². The standard InChI is InChI=1S/C29H39Cl4N3O2/c1-7-14-36(21(4)37)19(2)12-15-35(6)16-13-29(5,23-9-11-25(31)27(33)18-23)28(38)34-20(3)22-8-10-24(30)26(32)17-22/h8-11,17-20H,7,12-16H2,1-6H3,(H,34,38)/t19?,20-,29?/m1/s1. The zero-order valence-corrected chi connectivity index (χ0v) is 26.1. The van der Waals surface area contributed by atoms with E-state index in [4.69, 9.17) is 46.4 Å². The highest BCUT2D eigenvalue weighted by Crippen LogP contribution is 2.34. The van der Waals surface area contributed by atoms with E-state index in [1.807, 2.05) is 37.9 Å². The summed E-state index contributed by atoms with van der Waals surface area (Å²) in [6.45, 7) is 11.9. The van der Waals surface area contributed by atoms with Crippen molar-refractivity contribution in [2.45, 2.75) is 71.4 Å². The Kier molecular flexibility index (Phi) is 12.7. The van der Waals surface area contributed by atoms with Crippen LogP contribution < -0.4 is 5.32 Å². The van der Waals surface area contributed by atoms with E-state index in [0.29, 0.717) is 33.1 Å². The van der Waals surface area contributed by atoms with Crippen LogP contribution in [-0.4, -0.2) is 54.3 Å². The van der Waals surface area contributed by atoms with E-state index in [1.165, 1.54) is 0 Å². The summed E-state index contributed by atoms with van der Waals surface area (Å²) in [5.41, 5.74) is 0.780. The van der Waals surface area contributed by atoms with E-state index in [1.54, 1.807) is 31.2 Å². The maximum atomic E-state index is 13.8. The lowest BCUT2D eigenvalue weighted by molar-refractivity contribution is -0.131. The molecule has 0 spiro atoms. The fourth-order valence-corrected chi connectivity index (χ4v) is 5.07. The van der Waals surface area contributed by atoms with E-state index < -0.39 is 5.41 Å². The topological polar surface area (TPSA) is 52.7 Å². The molecule has 3 atom stereocenters. The van der Waals surface area contributed by atoms with Crippen LogP contribution in [0.15, 0.2) is 36.4 Å². The fraction of sp³-hybridized carbons (Fsp3) is 0.517. The molecule has 0 aliphatic heterocycles. The second-order valence-electron chi connectivity index (χ2n) is 10.2. The number of rotatable bonds is 13. The first-order valence-corrected chi connectivity index (χ1v) is 14.5. The van der Waals surface area contributed by atoms with Crippen LogP contribution in [0.3, 0.4) is 0 Å². The predicted molar refractivity (Wildman–Crippen MR) is 161 cm³/mol. The van der Waals surface area contributed by atoms with Gasteiger partial charge in [-0.05, 0) is 95.6 Å². The highest BCUT2D eigenvalue weighted by Gasteiger charge is 2.36. The molecule has 2 aromatic rings. The largest absolute Gasteiger partial charge is 0.349 e. The van der Waals surface area contributed by atoms with Gasteiger partial charge in [-0.2, -0.15) is 0 Å². The first kappa shape index (κ1) is 32.7. The quantitative estimate of drug-likeness (QED) is 0.254. The molecule has 0 saturated carbocycles. The molecular weight excluding hydrogens is 564 g/mol. The maximum absolute atomic E-state index is 13.8. The van der Waals surface area contributed by atoms with Crippen molar-refractivity contribution >= 4 is 58.2 Å². The highest BCUT2D eigenvalue weighted by atomic mass is 35.5. The minimum atomic E-state index is -0.869. The number of carbonyl (C=O) groups is 2. The van der Waals surface area contributed by atoms with Gasteiger partial charge in [0.25, 0.3) is 0 Å². The molecule has 210 valence electrons. The summed E-state index contributed by atoms with van der Waals surface area (Å²) < 4.78 is 0. The van der Waals surface area contributed by atoms with Gasteiger partial charge in [0, 0.05) is 19.5 Å². The number of nitrogens with one attached hydrogen (secondary N) is 1. The van der Waals surface area contributed by atoms with E-state index in [9.17, 15) is 9.59 Å². The molecule has 0 heterocycles. The number of hydrogen-bond acceptors (Lipinski definition) is 3. The van der Waals surface area contributed by atoms with Gasteiger partial charge in [-0.3, -0.25) is 9.59 Å². The highest BCUT2D eigenvalue weighted by molar-refractivity contribution is 6.42. The average Bonchev–Trinajstić information content (AvgIpc) is 2.87. The molecule has 0 aromatic heterocycles. The zero-order valence-electron chi connectivity index (χ0n) is 23.1. The van der Waals surface area contributed by atoms with E-state index in [2.05, 4.69) is 24.1 Å². The third-order valence-corrected chi connectivity index (χ3v) is 8.65. The van der Waals surface area contributed by atoms with Crippen molar-refractivity contribution < 1.29 is 9.59 Å². The van der Waals surface area contributed by atoms with Gasteiger partial charge in [0.15, 0.2) is 0 Å². The van der Waals surface area contributed by atoms with E-state index >= 15 is 0 Å². The van der Waals surface area contributed by atoms with E-state index in [0.717, 1.165) is 37.1 Å². The van der Waals surface area contributed by atoms with Gasteiger partial charge >= 0.3 is 0 Å². The monoisotopic (exact) mass is 601 g/mol. The summed E-state index contributed by atoms with van der Waals surface area (Å²) >= 11 is 24.8. The molecule has 38 heavy (non-hydrogen) atoms. The SMILES string of the molecule is CCCN(C(C)=O)C(C)CCN(C)CCC(C)(C(=O)N[C@H](C)c1ccc(Cl)c(Cl)c1)c1ccc(Cl)c(Cl)c1. The maximum Gasteiger partial charge on any atom is 0.230 e. The number of hydrogen-bond donors (Lipinski definition) is 1. The average molecular weight is 603 g/mol. The minimum absolute atomic E-state index is 0.0990. The third-order valence-electron chi connectivity index (χ3n) is 7.17. The number of halogens is 4. The van der Waals surface area contributed by atoms with Gasteiger partial charge in [0.2, 0.25) is 11.8 Å². The summed E-state index contributed by atoms with van der Waals surface area (Å²) in [7, 11) is 2.04. The third kappa shape index (κ3) is 8.76. The van der Waals surface area contributed by atoms with Gasteiger partial charge in [0.1, 0.15) is 0 Å². The Morgan fingerprint density at radius 3 is 2.08 bits per heavy atom. The van der Waals surface area contributed by atoms with E-state index in [-0.39, 0.29) is 23.9 Å². The van der Waals surface area contributed by atoms with Gasteiger partial charge in [-0.25, -0.2) is 0 Å². The minimum Gasteiger partial charge on any atom is -0.349 e. The van der Waals surface area contributed by atoms with Gasteiger partial charge in [-0.15, -0.1) is 0 Å². The molecule has 0 bridgehead atoms. The first-order chi connectivity index (χ1) is 17.8. The van der Waals surface area contributed by atoms with Crippen LogP contribution >= 0.6 is 46.4 Å². The molecule has 5 nitrogen and oxygen atoms in total. The van der Waals surface area contributed by atoms with Crippen molar-refractivity contribution in [3.05, 3.63) is 67.6 Å². The van der Waals surface area contributed by atoms with Crippen molar-refractivity contribution in [2.75, 3.05) is 26.7 Å². The van der Waals surface area contributed by atoms with Crippen LogP contribution in [0.4, 0.5) is 0 Å². The molecular formula is C29H39Cl4N3O2. The van der Waals surface area contributed by atoms with Gasteiger partial charge in [0.05, 0.1) is 31.5 Å². The van der Waals surface area contributed by atoms with Crippen LogP contribution in [-0.2, 0) is 15.0 Å². The van der Waals surface area contributed by atoms with Gasteiger partial charge < -0.3 is 15.1 Å². The Labute approximate surface area is 247 Å². The zero-order chi connectivity index (χ0) is 28.6. The van der Waals surface area contributed by atoms with Crippen molar-refractivity contribution in [3.63, 3.8) is 0 Å². The van der Waals surface area contributed by atoms with Crippen molar-refractivity contribution in [3.8, 4) is 0 Å². The lowest BCUT2D eigenvalue weighted by Crippen LogP contribution is -2.45. The molecule has 0 radical (unpaired) electrons. The predicted octanol–water partition coefficient (Wildman–Crippen LogP) is 7.79. The number of benzene rings is 2. The second kappa shape index (κ2) is 14.8. The Bertz CT molecular complexity index is 1110. The molecule has 1 N–H and O–H groups in total. The van der Waals surface area contributed by atoms with Crippen LogP contribution in [0.2, 0.25) is 20.1 Å². The molecule has 9 heteroatoms. The van der Waals surface area contributed by atoms with Crippen LogP contribution in [0.5, 0.6) is 0 Å². The Morgan fingerprint density at radius 2 is 1.53 bits per heavy atom. The lowest BCUT2D eigenvalue weighted by Gasteiger charge is -2.33. The molecule has 0 fully saturated rings. The number of carbonyl (C=O) groups excluding carboxylic acids is 2. The Morgan fingerprint density at radius 1 is 0.921 bits per heavy atom. The lowest BCUT2D eigenvalue weighted by atomic mass is 9.78.